The van der Waals surface area contributed by atoms with Crippen LogP contribution in [0.15, 0.2) is 12.1 Å². The molecule has 1 aromatic rings. The Kier molecular flexibility index (Phi) is 4.84. The van der Waals surface area contributed by atoms with Crippen LogP contribution in [0.5, 0.6) is 5.75 Å². The maximum Gasteiger partial charge on any atom is 0.122 e. The molecular weight excluding hydrogens is 234 g/mol. The number of aryl methyl sites for hydroxylation is 1. The van der Waals surface area contributed by atoms with Gasteiger partial charge in [0.1, 0.15) is 5.75 Å². The summed E-state index contributed by atoms with van der Waals surface area (Å²) < 4.78 is 5.42. The van der Waals surface area contributed by atoms with Gasteiger partial charge in [-0.2, -0.15) is 0 Å². The molecule has 0 aliphatic heterocycles. The summed E-state index contributed by atoms with van der Waals surface area (Å²) in [5.74, 6) is 0.914. The largest absolute Gasteiger partial charge is 0.496 e. The standard InChI is InChI=1S/C14H22ClNO/c1-10-7-13(17-4)11(8-12(10)15)9-14(2,3)5-6-16/h7-8H,5-6,9,16H2,1-4H3. The topological polar surface area (TPSA) is 35.2 Å². The maximum atomic E-state index is 6.17. The highest BCUT2D eigenvalue weighted by Gasteiger charge is 2.20. The molecule has 0 unspecified atom stereocenters. The van der Waals surface area contributed by atoms with E-state index in [1.165, 1.54) is 0 Å². The van der Waals surface area contributed by atoms with Gasteiger partial charge in [-0.25, -0.2) is 0 Å². The molecule has 0 spiro atoms. The van der Waals surface area contributed by atoms with Crippen molar-refractivity contribution in [2.75, 3.05) is 13.7 Å². The third kappa shape index (κ3) is 3.90. The van der Waals surface area contributed by atoms with Crippen LogP contribution in [0.1, 0.15) is 31.4 Å². The van der Waals surface area contributed by atoms with E-state index in [1.807, 2.05) is 19.1 Å². The first-order chi connectivity index (χ1) is 7.89. The number of hydrogen-bond donors (Lipinski definition) is 1. The van der Waals surface area contributed by atoms with E-state index >= 15 is 0 Å². The molecule has 96 valence electrons. The molecule has 0 aromatic heterocycles. The summed E-state index contributed by atoms with van der Waals surface area (Å²) in [6.07, 6.45) is 1.91. The van der Waals surface area contributed by atoms with Crippen molar-refractivity contribution in [2.24, 2.45) is 11.1 Å². The number of rotatable bonds is 5. The van der Waals surface area contributed by atoms with E-state index in [2.05, 4.69) is 13.8 Å². The average molecular weight is 256 g/mol. The third-order valence-corrected chi connectivity index (χ3v) is 3.46. The molecular formula is C14H22ClNO. The normalized spacial score (nSPS) is 11.6. The van der Waals surface area contributed by atoms with Crippen LogP contribution in [-0.2, 0) is 6.42 Å². The van der Waals surface area contributed by atoms with E-state index in [-0.39, 0.29) is 5.41 Å². The Labute approximate surface area is 109 Å². The second kappa shape index (κ2) is 5.74. The van der Waals surface area contributed by atoms with E-state index in [1.54, 1.807) is 7.11 Å². The van der Waals surface area contributed by atoms with Crippen LogP contribution in [0.4, 0.5) is 0 Å². The lowest BCUT2D eigenvalue weighted by atomic mass is 9.82. The van der Waals surface area contributed by atoms with Gasteiger partial charge < -0.3 is 10.5 Å². The van der Waals surface area contributed by atoms with E-state index < -0.39 is 0 Å². The Bertz CT molecular complexity index is 388. The smallest absolute Gasteiger partial charge is 0.122 e. The maximum absolute atomic E-state index is 6.17. The first-order valence-electron chi connectivity index (χ1n) is 5.92. The fraction of sp³-hybridized carbons (Fsp3) is 0.571. The second-order valence-corrected chi connectivity index (χ2v) is 5.70. The van der Waals surface area contributed by atoms with Crippen LogP contribution in [0.25, 0.3) is 0 Å². The summed E-state index contributed by atoms with van der Waals surface area (Å²) in [4.78, 5) is 0. The molecule has 0 saturated heterocycles. The molecule has 1 aromatic carbocycles. The Morgan fingerprint density at radius 3 is 2.53 bits per heavy atom. The number of methoxy groups -OCH3 is 1. The van der Waals surface area contributed by atoms with E-state index in [0.717, 1.165) is 34.7 Å². The molecule has 0 aliphatic carbocycles. The molecule has 0 fully saturated rings. The number of benzene rings is 1. The summed E-state index contributed by atoms with van der Waals surface area (Å²) in [5.41, 5.74) is 8.00. The summed E-state index contributed by atoms with van der Waals surface area (Å²) in [6.45, 7) is 7.12. The van der Waals surface area contributed by atoms with Crippen LogP contribution in [-0.4, -0.2) is 13.7 Å². The molecule has 0 amide bonds. The quantitative estimate of drug-likeness (QED) is 0.873. The van der Waals surface area contributed by atoms with Gasteiger partial charge >= 0.3 is 0 Å². The highest BCUT2D eigenvalue weighted by molar-refractivity contribution is 6.31. The minimum Gasteiger partial charge on any atom is -0.496 e. The fourth-order valence-electron chi connectivity index (χ4n) is 2.02. The number of halogens is 1. The van der Waals surface area contributed by atoms with Gasteiger partial charge in [0, 0.05) is 5.02 Å². The molecule has 0 atom stereocenters. The van der Waals surface area contributed by atoms with Gasteiger partial charge in [-0.15, -0.1) is 0 Å². The van der Waals surface area contributed by atoms with Crippen molar-refractivity contribution in [2.45, 2.75) is 33.6 Å². The molecule has 2 N–H and O–H groups in total. The van der Waals surface area contributed by atoms with Crippen LogP contribution in [0.3, 0.4) is 0 Å². The number of ether oxygens (including phenoxy) is 1. The van der Waals surface area contributed by atoms with Gasteiger partial charge in [0.05, 0.1) is 7.11 Å². The predicted molar refractivity (Wildman–Crippen MR) is 73.9 cm³/mol. The molecule has 17 heavy (non-hydrogen) atoms. The summed E-state index contributed by atoms with van der Waals surface area (Å²) >= 11 is 6.17. The van der Waals surface area contributed by atoms with Crippen LogP contribution < -0.4 is 10.5 Å². The molecule has 1 rings (SSSR count). The Balaban J connectivity index is 3.01. The lowest BCUT2D eigenvalue weighted by Crippen LogP contribution is -2.20. The van der Waals surface area contributed by atoms with Gasteiger partial charge in [-0.3, -0.25) is 0 Å². The van der Waals surface area contributed by atoms with E-state index in [9.17, 15) is 0 Å². The third-order valence-electron chi connectivity index (χ3n) is 3.05. The van der Waals surface area contributed by atoms with E-state index in [0.29, 0.717) is 6.54 Å². The highest BCUT2D eigenvalue weighted by atomic mass is 35.5. The van der Waals surface area contributed by atoms with Crippen molar-refractivity contribution in [3.63, 3.8) is 0 Å². The van der Waals surface area contributed by atoms with Crippen molar-refractivity contribution in [3.8, 4) is 5.75 Å². The van der Waals surface area contributed by atoms with Gasteiger partial charge in [-0.1, -0.05) is 25.4 Å². The minimum atomic E-state index is 0.167. The monoisotopic (exact) mass is 255 g/mol. The molecule has 0 radical (unpaired) electrons. The first-order valence-corrected chi connectivity index (χ1v) is 6.30. The van der Waals surface area contributed by atoms with Crippen molar-refractivity contribution in [1.29, 1.82) is 0 Å². The summed E-state index contributed by atoms with van der Waals surface area (Å²) in [5, 5.41) is 0.796. The molecule has 0 heterocycles. The Morgan fingerprint density at radius 1 is 1.35 bits per heavy atom. The summed E-state index contributed by atoms with van der Waals surface area (Å²) in [6, 6.07) is 4.00. The van der Waals surface area contributed by atoms with Crippen LogP contribution in [0.2, 0.25) is 5.02 Å². The zero-order valence-electron chi connectivity index (χ0n) is 11.1. The zero-order chi connectivity index (χ0) is 13.1. The van der Waals surface area contributed by atoms with Crippen LogP contribution in [0, 0.1) is 12.3 Å². The van der Waals surface area contributed by atoms with Crippen molar-refractivity contribution in [3.05, 3.63) is 28.3 Å². The van der Waals surface area contributed by atoms with Gasteiger partial charge in [0.2, 0.25) is 0 Å². The molecule has 2 nitrogen and oxygen atoms in total. The lowest BCUT2D eigenvalue weighted by molar-refractivity contribution is 0.329. The highest BCUT2D eigenvalue weighted by Crippen LogP contribution is 2.33. The van der Waals surface area contributed by atoms with E-state index in [4.69, 9.17) is 22.1 Å². The Morgan fingerprint density at radius 2 is 2.00 bits per heavy atom. The van der Waals surface area contributed by atoms with Gasteiger partial charge in [0.25, 0.3) is 0 Å². The molecule has 0 saturated carbocycles. The van der Waals surface area contributed by atoms with Gasteiger partial charge in [-0.05, 0) is 55.0 Å². The molecule has 3 heteroatoms. The van der Waals surface area contributed by atoms with Crippen LogP contribution >= 0.6 is 11.6 Å². The minimum absolute atomic E-state index is 0.167. The number of nitrogens with two attached hydrogens (primary N) is 1. The lowest BCUT2D eigenvalue weighted by Gasteiger charge is -2.25. The average Bonchev–Trinajstić information content (AvgIpc) is 2.22. The number of hydrogen-bond acceptors (Lipinski definition) is 2. The summed E-state index contributed by atoms with van der Waals surface area (Å²) in [7, 11) is 1.70. The van der Waals surface area contributed by atoms with Crippen molar-refractivity contribution >= 4 is 11.6 Å². The Hall–Kier alpha value is -0.730. The first kappa shape index (κ1) is 14.3. The van der Waals surface area contributed by atoms with Gasteiger partial charge in [0.15, 0.2) is 0 Å². The predicted octanol–water partition coefficient (Wildman–Crippen LogP) is 3.57. The zero-order valence-corrected chi connectivity index (χ0v) is 11.9. The molecule has 0 aliphatic rings. The van der Waals surface area contributed by atoms with Crippen molar-refractivity contribution < 1.29 is 4.74 Å². The second-order valence-electron chi connectivity index (χ2n) is 5.29. The molecule has 0 bridgehead atoms. The van der Waals surface area contributed by atoms with Crippen molar-refractivity contribution in [1.82, 2.24) is 0 Å². The fourth-order valence-corrected chi connectivity index (χ4v) is 2.21. The SMILES string of the molecule is COc1cc(C)c(Cl)cc1CC(C)(C)CCN.